The molecule has 0 aliphatic rings. The zero-order valence-corrected chi connectivity index (χ0v) is 11.5. The Hall–Kier alpha value is -0.800. The highest BCUT2D eigenvalue weighted by molar-refractivity contribution is 7.16. The van der Waals surface area contributed by atoms with E-state index in [-0.39, 0.29) is 0 Å². The van der Waals surface area contributed by atoms with Gasteiger partial charge in [-0.05, 0) is 38.1 Å². The van der Waals surface area contributed by atoms with Crippen LogP contribution in [0.2, 0.25) is 0 Å². The summed E-state index contributed by atoms with van der Waals surface area (Å²) in [7, 11) is 4.15. The molecular weight excluding hydrogens is 216 g/mol. The summed E-state index contributed by atoms with van der Waals surface area (Å²) < 4.78 is 0. The smallest absolute Gasteiger partial charge is 0.0909 e. The van der Waals surface area contributed by atoms with E-state index in [0.29, 0.717) is 6.04 Å². The third-order valence-corrected chi connectivity index (χ3v) is 3.54. The molecule has 0 aromatic carbocycles. The van der Waals surface area contributed by atoms with E-state index < -0.39 is 0 Å². The molecule has 0 amide bonds. The first-order valence-corrected chi connectivity index (χ1v) is 6.64. The topological polar surface area (TPSA) is 15.3 Å². The van der Waals surface area contributed by atoms with Crippen molar-refractivity contribution in [2.75, 3.05) is 25.5 Å². The molecule has 3 heteroatoms. The van der Waals surface area contributed by atoms with Crippen LogP contribution in [0.15, 0.2) is 18.2 Å². The van der Waals surface area contributed by atoms with Crippen LogP contribution in [-0.4, -0.2) is 26.7 Å². The van der Waals surface area contributed by atoms with Crippen molar-refractivity contribution >= 4 is 22.4 Å². The lowest BCUT2D eigenvalue weighted by molar-refractivity contribution is 0.625. The molecule has 1 aromatic heterocycles. The Morgan fingerprint density at radius 2 is 2.19 bits per heavy atom. The second-order valence-electron chi connectivity index (χ2n) is 4.17. The first kappa shape index (κ1) is 13.3. The molecule has 0 spiro atoms. The Morgan fingerprint density at radius 3 is 2.75 bits per heavy atom. The molecule has 0 aliphatic heterocycles. The number of anilines is 1. The van der Waals surface area contributed by atoms with Gasteiger partial charge in [0.2, 0.25) is 0 Å². The molecule has 0 fully saturated rings. The normalized spacial score (nSPS) is 13.2. The molecule has 1 heterocycles. The molecule has 16 heavy (non-hydrogen) atoms. The van der Waals surface area contributed by atoms with Crippen LogP contribution in [0.5, 0.6) is 0 Å². The number of hydrogen-bond donors (Lipinski definition) is 1. The van der Waals surface area contributed by atoms with E-state index >= 15 is 0 Å². The van der Waals surface area contributed by atoms with Gasteiger partial charge in [0, 0.05) is 25.0 Å². The van der Waals surface area contributed by atoms with E-state index in [1.165, 1.54) is 16.3 Å². The standard InChI is InChI=1S/C13H22N2S/c1-5-10-14-11(2)6-7-12-8-9-13(16-12)15(3)4/h6-9,11,14H,5,10H2,1-4H3/b7-6+. The van der Waals surface area contributed by atoms with Crippen LogP contribution in [0.3, 0.4) is 0 Å². The molecule has 0 aliphatic carbocycles. The van der Waals surface area contributed by atoms with E-state index in [9.17, 15) is 0 Å². The van der Waals surface area contributed by atoms with Gasteiger partial charge in [0.15, 0.2) is 0 Å². The summed E-state index contributed by atoms with van der Waals surface area (Å²) in [4.78, 5) is 3.45. The van der Waals surface area contributed by atoms with Crippen LogP contribution in [-0.2, 0) is 0 Å². The van der Waals surface area contributed by atoms with Gasteiger partial charge in [-0.15, -0.1) is 11.3 Å². The molecule has 1 N–H and O–H groups in total. The third kappa shape index (κ3) is 4.37. The number of hydrogen-bond acceptors (Lipinski definition) is 3. The summed E-state index contributed by atoms with van der Waals surface area (Å²) >= 11 is 1.82. The van der Waals surface area contributed by atoms with Crippen LogP contribution in [0, 0.1) is 0 Å². The van der Waals surface area contributed by atoms with E-state index in [1.807, 2.05) is 11.3 Å². The highest BCUT2D eigenvalue weighted by Crippen LogP contribution is 2.25. The zero-order chi connectivity index (χ0) is 12.0. The van der Waals surface area contributed by atoms with Crippen molar-refractivity contribution in [3.63, 3.8) is 0 Å². The first-order chi connectivity index (χ1) is 7.63. The fraction of sp³-hybridized carbons (Fsp3) is 0.538. The molecule has 1 aromatic rings. The van der Waals surface area contributed by atoms with Crippen LogP contribution in [0.1, 0.15) is 25.1 Å². The second kappa shape index (κ2) is 6.71. The fourth-order valence-corrected chi connectivity index (χ4v) is 2.19. The molecule has 0 saturated heterocycles. The molecule has 0 saturated carbocycles. The van der Waals surface area contributed by atoms with Gasteiger partial charge in [-0.25, -0.2) is 0 Å². The van der Waals surface area contributed by atoms with Gasteiger partial charge in [0.25, 0.3) is 0 Å². The Labute approximate surface area is 103 Å². The molecule has 0 radical (unpaired) electrons. The van der Waals surface area contributed by atoms with Crippen molar-refractivity contribution in [3.8, 4) is 0 Å². The maximum atomic E-state index is 3.44. The quantitative estimate of drug-likeness (QED) is 0.818. The van der Waals surface area contributed by atoms with Crippen molar-refractivity contribution in [2.45, 2.75) is 26.3 Å². The third-order valence-electron chi connectivity index (χ3n) is 2.32. The van der Waals surface area contributed by atoms with Crippen LogP contribution < -0.4 is 10.2 Å². The monoisotopic (exact) mass is 238 g/mol. The summed E-state index contributed by atoms with van der Waals surface area (Å²) in [5.74, 6) is 0. The van der Waals surface area contributed by atoms with Gasteiger partial charge >= 0.3 is 0 Å². The average Bonchev–Trinajstić information content (AvgIpc) is 2.72. The molecule has 90 valence electrons. The summed E-state index contributed by atoms with van der Waals surface area (Å²) in [6.45, 7) is 5.46. The highest BCUT2D eigenvalue weighted by Gasteiger charge is 1.99. The minimum Gasteiger partial charge on any atom is -0.370 e. The van der Waals surface area contributed by atoms with Crippen molar-refractivity contribution in [1.82, 2.24) is 5.32 Å². The summed E-state index contributed by atoms with van der Waals surface area (Å²) in [5.41, 5.74) is 0. The predicted octanol–water partition coefficient (Wildman–Crippen LogP) is 3.22. The van der Waals surface area contributed by atoms with E-state index in [4.69, 9.17) is 0 Å². The Kier molecular flexibility index (Phi) is 5.56. The number of thiophene rings is 1. The first-order valence-electron chi connectivity index (χ1n) is 5.82. The van der Waals surface area contributed by atoms with Gasteiger partial charge in [-0.2, -0.15) is 0 Å². The maximum absolute atomic E-state index is 3.44. The lowest BCUT2D eigenvalue weighted by Gasteiger charge is -2.07. The van der Waals surface area contributed by atoms with Crippen molar-refractivity contribution in [3.05, 3.63) is 23.1 Å². The summed E-state index contributed by atoms with van der Waals surface area (Å²) in [5, 5.41) is 4.74. The van der Waals surface area contributed by atoms with Crippen LogP contribution in [0.4, 0.5) is 5.00 Å². The molecular formula is C13H22N2S. The largest absolute Gasteiger partial charge is 0.370 e. The molecule has 2 nitrogen and oxygen atoms in total. The lowest BCUT2D eigenvalue weighted by Crippen LogP contribution is -2.24. The van der Waals surface area contributed by atoms with Gasteiger partial charge in [-0.1, -0.05) is 13.0 Å². The number of nitrogens with zero attached hydrogens (tertiary/aromatic N) is 1. The lowest BCUT2D eigenvalue weighted by atomic mass is 10.3. The van der Waals surface area contributed by atoms with Gasteiger partial charge in [0.05, 0.1) is 5.00 Å². The van der Waals surface area contributed by atoms with E-state index in [0.717, 1.165) is 6.54 Å². The van der Waals surface area contributed by atoms with Crippen molar-refractivity contribution in [2.24, 2.45) is 0 Å². The van der Waals surface area contributed by atoms with Gasteiger partial charge in [-0.3, -0.25) is 0 Å². The van der Waals surface area contributed by atoms with Crippen LogP contribution in [0.25, 0.3) is 6.08 Å². The van der Waals surface area contributed by atoms with Gasteiger partial charge < -0.3 is 10.2 Å². The molecule has 1 unspecified atom stereocenters. The summed E-state index contributed by atoms with van der Waals surface area (Å²) in [6, 6.07) is 4.78. The van der Waals surface area contributed by atoms with E-state index in [1.54, 1.807) is 0 Å². The SMILES string of the molecule is CCCNC(C)/C=C/c1ccc(N(C)C)s1. The highest BCUT2D eigenvalue weighted by atomic mass is 32.1. The zero-order valence-electron chi connectivity index (χ0n) is 10.7. The fourth-order valence-electron chi connectivity index (χ4n) is 1.35. The predicted molar refractivity (Wildman–Crippen MR) is 75.4 cm³/mol. The molecule has 0 bridgehead atoms. The Balaban J connectivity index is 2.48. The van der Waals surface area contributed by atoms with E-state index in [2.05, 4.69) is 62.4 Å². The summed E-state index contributed by atoms with van der Waals surface area (Å²) in [6.07, 6.45) is 5.61. The average molecular weight is 238 g/mol. The molecule has 1 atom stereocenters. The number of rotatable bonds is 6. The number of nitrogens with one attached hydrogen (secondary N) is 1. The second-order valence-corrected chi connectivity index (χ2v) is 5.27. The maximum Gasteiger partial charge on any atom is 0.0909 e. The minimum atomic E-state index is 0.449. The van der Waals surface area contributed by atoms with Crippen molar-refractivity contribution in [1.29, 1.82) is 0 Å². The Morgan fingerprint density at radius 1 is 1.44 bits per heavy atom. The minimum absolute atomic E-state index is 0.449. The van der Waals surface area contributed by atoms with Crippen LogP contribution >= 0.6 is 11.3 Å². The molecule has 1 rings (SSSR count). The Bertz CT molecular complexity index is 328. The van der Waals surface area contributed by atoms with Crippen molar-refractivity contribution < 1.29 is 0 Å². The van der Waals surface area contributed by atoms with Gasteiger partial charge in [0.1, 0.15) is 0 Å².